The number of halogens is 1. The van der Waals surface area contributed by atoms with Gasteiger partial charge in [0.15, 0.2) is 15.7 Å². The number of aromatic nitrogens is 1. The molecule has 0 aliphatic heterocycles. The van der Waals surface area contributed by atoms with E-state index in [1.807, 2.05) is 6.07 Å². The second-order valence-electron chi connectivity index (χ2n) is 5.49. The first kappa shape index (κ1) is 16.8. The van der Waals surface area contributed by atoms with E-state index in [9.17, 15) is 12.8 Å². The topological polar surface area (TPSA) is 59.4 Å². The molecule has 0 bridgehead atoms. The van der Waals surface area contributed by atoms with Gasteiger partial charge in [0.25, 0.3) is 0 Å². The van der Waals surface area contributed by atoms with E-state index in [1.165, 1.54) is 17.7 Å². The van der Waals surface area contributed by atoms with Gasteiger partial charge in [-0.2, -0.15) is 0 Å². The lowest BCUT2D eigenvalue weighted by molar-refractivity contribution is 0.400. The van der Waals surface area contributed by atoms with Gasteiger partial charge in [-0.1, -0.05) is 19.9 Å². The first-order chi connectivity index (χ1) is 10.3. The second-order valence-corrected chi connectivity index (χ2v) is 7.75. The zero-order valence-corrected chi connectivity index (χ0v) is 13.9. The van der Waals surface area contributed by atoms with Gasteiger partial charge in [-0.05, 0) is 36.1 Å². The summed E-state index contributed by atoms with van der Waals surface area (Å²) in [6.07, 6.45) is 6.16. The molecule has 0 amide bonds. The van der Waals surface area contributed by atoms with Crippen LogP contribution in [-0.4, -0.2) is 36.8 Å². The summed E-state index contributed by atoms with van der Waals surface area (Å²) < 4.78 is 37.1. The highest BCUT2D eigenvalue weighted by atomic mass is 32.2. The number of aryl methyl sites for hydroxylation is 2. The molecule has 0 radical (unpaired) electrons. The number of alkyl halides is 1. The quantitative estimate of drug-likeness (QED) is 0.855. The molecule has 0 saturated carbocycles. The average molecular weight is 324 g/mol. The minimum Gasteiger partial charge on any atom is -0.241 e. The number of aliphatic imine (C=N–C) groups is 1. The molecule has 6 heteroatoms. The molecular formula is C16H21FN2O2S. The third kappa shape index (κ3) is 3.80. The van der Waals surface area contributed by atoms with Crippen molar-refractivity contribution in [3.05, 3.63) is 35.5 Å². The van der Waals surface area contributed by atoms with E-state index in [1.54, 1.807) is 6.20 Å². The predicted molar refractivity (Wildman–Crippen MR) is 87.4 cm³/mol. The van der Waals surface area contributed by atoms with Crippen LogP contribution in [0.15, 0.2) is 29.4 Å². The molecule has 0 spiro atoms. The number of allylic oxidation sites excluding steroid dienone is 1. The number of sulfone groups is 1. The van der Waals surface area contributed by atoms with Crippen LogP contribution >= 0.6 is 0 Å². The monoisotopic (exact) mass is 324 g/mol. The van der Waals surface area contributed by atoms with Crippen molar-refractivity contribution >= 4 is 21.4 Å². The Bertz CT molecular complexity index is 711. The Kier molecular flexibility index (Phi) is 5.11. The molecule has 120 valence electrons. The molecule has 1 aliphatic rings. The second kappa shape index (κ2) is 6.69. The summed E-state index contributed by atoms with van der Waals surface area (Å²) in [4.78, 5) is 8.50. The Hall–Kier alpha value is -1.56. The Labute approximate surface area is 131 Å². The summed E-state index contributed by atoms with van der Waals surface area (Å²) in [5.41, 5.74) is 2.55. The van der Waals surface area contributed by atoms with E-state index in [4.69, 9.17) is 0 Å². The number of hydrogen-bond acceptors (Lipinski definition) is 4. The van der Waals surface area contributed by atoms with Gasteiger partial charge in [0, 0.05) is 18.9 Å². The van der Waals surface area contributed by atoms with Gasteiger partial charge in [0.1, 0.15) is 6.17 Å². The van der Waals surface area contributed by atoms with Crippen LogP contribution in [0.2, 0.25) is 0 Å². The van der Waals surface area contributed by atoms with Crippen molar-refractivity contribution in [1.82, 2.24) is 4.98 Å². The summed E-state index contributed by atoms with van der Waals surface area (Å²) in [5.74, 6) is 0.467. The van der Waals surface area contributed by atoms with Gasteiger partial charge in [0.2, 0.25) is 0 Å². The molecule has 1 heterocycles. The van der Waals surface area contributed by atoms with Crippen LogP contribution in [0.3, 0.4) is 0 Å². The van der Waals surface area contributed by atoms with E-state index >= 15 is 0 Å². The molecule has 1 aromatic heterocycles. The van der Waals surface area contributed by atoms with Crippen molar-refractivity contribution in [3.8, 4) is 0 Å². The molecule has 2 unspecified atom stereocenters. The first-order valence-electron chi connectivity index (χ1n) is 7.42. The standard InChI is InChI=1S/C16H21FN2O2S/c1-4-11-8-16(18-10-12(11)5-2)19-15-7-6-13(9-14(15)17)22(3,20)21/h6-8,10,13-14H,4-5,9H2,1-3H3. The highest BCUT2D eigenvalue weighted by Gasteiger charge is 2.28. The summed E-state index contributed by atoms with van der Waals surface area (Å²) in [6.45, 7) is 4.12. The van der Waals surface area contributed by atoms with Gasteiger partial charge >= 0.3 is 0 Å². The van der Waals surface area contributed by atoms with Crippen molar-refractivity contribution in [2.24, 2.45) is 4.99 Å². The highest BCUT2D eigenvalue weighted by molar-refractivity contribution is 7.91. The summed E-state index contributed by atoms with van der Waals surface area (Å²) in [6, 6.07) is 1.87. The Morgan fingerprint density at radius 3 is 2.55 bits per heavy atom. The van der Waals surface area contributed by atoms with Gasteiger partial charge in [-0.15, -0.1) is 0 Å². The molecule has 2 rings (SSSR count). The third-order valence-electron chi connectivity index (χ3n) is 3.87. The number of pyridine rings is 1. The van der Waals surface area contributed by atoms with Crippen molar-refractivity contribution in [1.29, 1.82) is 0 Å². The predicted octanol–water partition coefficient (Wildman–Crippen LogP) is 2.99. The molecule has 22 heavy (non-hydrogen) atoms. The summed E-state index contributed by atoms with van der Waals surface area (Å²) in [7, 11) is -3.27. The normalized spacial score (nSPS) is 23.9. The lowest BCUT2D eigenvalue weighted by atomic mass is 10.0. The number of rotatable bonds is 4. The summed E-state index contributed by atoms with van der Waals surface area (Å²) in [5, 5.41) is -0.775. The number of nitrogens with zero attached hydrogens (tertiary/aromatic N) is 2. The minimum atomic E-state index is -3.27. The molecule has 0 saturated heterocycles. The van der Waals surface area contributed by atoms with E-state index in [2.05, 4.69) is 23.8 Å². The summed E-state index contributed by atoms with van der Waals surface area (Å²) >= 11 is 0. The molecule has 4 nitrogen and oxygen atoms in total. The average Bonchev–Trinajstić information content (AvgIpc) is 2.48. The maximum absolute atomic E-state index is 14.2. The largest absolute Gasteiger partial charge is 0.241 e. The molecule has 1 aromatic rings. The van der Waals surface area contributed by atoms with Gasteiger partial charge in [0.05, 0.1) is 11.0 Å². The fourth-order valence-electron chi connectivity index (χ4n) is 2.49. The Morgan fingerprint density at radius 1 is 1.32 bits per heavy atom. The van der Waals surface area contributed by atoms with Gasteiger partial charge in [-0.3, -0.25) is 0 Å². The fraction of sp³-hybridized carbons (Fsp3) is 0.500. The van der Waals surface area contributed by atoms with Crippen LogP contribution in [0, 0.1) is 0 Å². The fourth-order valence-corrected chi connectivity index (χ4v) is 3.37. The smallest absolute Gasteiger partial charge is 0.153 e. The van der Waals surface area contributed by atoms with Crippen molar-refractivity contribution in [2.45, 2.75) is 44.5 Å². The van der Waals surface area contributed by atoms with Gasteiger partial charge in [-0.25, -0.2) is 22.8 Å². The number of hydrogen-bond donors (Lipinski definition) is 0. The van der Waals surface area contributed by atoms with E-state index in [-0.39, 0.29) is 12.1 Å². The van der Waals surface area contributed by atoms with E-state index in [0.717, 1.165) is 24.7 Å². The highest BCUT2D eigenvalue weighted by Crippen LogP contribution is 2.22. The van der Waals surface area contributed by atoms with Gasteiger partial charge < -0.3 is 0 Å². The molecule has 0 N–H and O–H groups in total. The molecule has 2 atom stereocenters. The Balaban J connectivity index is 2.30. The lowest BCUT2D eigenvalue weighted by Crippen LogP contribution is -2.30. The van der Waals surface area contributed by atoms with Crippen LogP contribution in [0.25, 0.3) is 0 Å². The first-order valence-corrected chi connectivity index (χ1v) is 9.38. The SMILES string of the molecule is CCc1cnc(N=C2C=CC(S(C)(=O)=O)CC2F)cc1CC. The van der Waals surface area contributed by atoms with Crippen LogP contribution in [0.5, 0.6) is 0 Å². The Morgan fingerprint density at radius 2 is 2.00 bits per heavy atom. The lowest BCUT2D eigenvalue weighted by Gasteiger charge is -2.19. The van der Waals surface area contributed by atoms with Crippen LogP contribution in [0.4, 0.5) is 10.2 Å². The van der Waals surface area contributed by atoms with Crippen LogP contribution in [0.1, 0.15) is 31.4 Å². The molecule has 0 fully saturated rings. The maximum atomic E-state index is 14.2. The van der Waals surface area contributed by atoms with Crippen molar-refractivity contribution in [2.75, 3.05) is 6.26 Å². The molecular weight excluding hydrogens is 303 g/mol. The van der Waals surface area contributed by atoms with Crippen LogP contribution in [-0.2, 0) is 22.7 Å². The molecule has 1 aliphatic carbocycles. The van der Waals surface area contributed by atoms with E-state index in [0.29, 0.717) is 5.82 Å². The van der Waals surface area contributed by atoms with Crippen molar-refractivity contribution in [3.63, 3.8) is 0 Å². The van der Waals surface area contributed by atoms with E-state index < -0.39 is 21.3 Å². The zero-order chi connectivity index (χ0) is 16.3. The minimum absolute atomic E-state index is 0.0815. The molecule has 0 aromatic carbocycles. The zero-order valence-electron chi connectivity index (χ0n) is 13.1. The van der Waals surface area contributed by atoms with Crippen molar-refractivity contribution < 1.29 is 12.8 Å². The van der Waals surface area contributed by atoms with Crippen LogP contribution < -0.4 is 0 Å². The third-order valence-corrected chi connectivity index (χ3v) is 5.32. The maximum Gasteiger partial charge on any atom is 0.153 e.